The zero-order valence-electron chi connectivity index (χ0n) is 11.9. The number of ether oxygens (including phenoxy) is 1. The van der Waals surface area contributed by atoms with Crippen LogP contribution in [0, 0.1) is 5.41 Å². The highest BCUT2D eigenvalue weighted by atomic mass is 19.4. The summed E-state index contributed by atoms with van der Waals surface area (Å²) >= 11 is 0. The number of esters is 1. The number of carbonyl (C=O) groups is 1. The van der Waals surface area contributed by atoms with Gasteiger partial charge in [0.1, 0.15) is 13.3 Å². The first-order chi connectivity index (χ1) is 9.54. The molecule has 0 heterocycles. The molecule has 0 aliphatic heterocycles. The molecule has 0 unspecified atom stereocenters. The molecule has 0 aromatic rings. The van der Waals surface area contributed by atoms with E-state index in [1.165, 1.54) is 0 Å². The summed E-state index contributed by atoms with van der Waals surface area (Å²) in [5.74, 6) is -6.45. The largest absolute Gasteiger partial charge is 0.462 e. The van der Waals surface area contributed by atoms with Crippen LogP contribution in [0.15, 0.2) is 0 Å². The van der Waals surface area contributed by atoms with Gasteiger partial charge in [-0.15, -0.1) is 0 Å². The third-order valence-electron chi connectivity index (χ3n) is 2.50. The van der Waals surface area contributed by atoms with Crippen molar-refractivity contribution in [2.45, 2.75) is 45.4 Å². The molecule has 0 radical (unpaired) electrons. The van der Waals surface area contributed by atoms with Crippen molar-refractivity contribution in [1.29, 1.82) is 0 Å². The maximum atomic E-state index is 11.6. The van der Waals surface area contributed by atoms with Gasteiger partial charge in [-0.05, 0) is 20.3 Å². The van der Waals surface area contributed by atoms with E-state index in [1.807, 2.05) is 6.92 Å². The van der Waals surface area contributed by atoms with Gasteiger partial charge in [0.2, 0.25) is 0 Å². The number of alkyl halides is 8. The fraction of sp³-hybridized carbons (Fsp3) is 0.909. The van der Waals surface area contributed by atoms with Gasteiger partial charge < -0.3 is 9.84 Å². The first-order valence-corrected chi connectivity index (χ1v) is 5.82. The van der Waals surface area contributed by atoms with E-state index >= 15 is 0 Å². The van der Waals surface area contributed by atoms with Crippen LogP contribution < -0.4 is 0 Å². The minimum absolute atomic E-state index is 0.123. The Kier molecular flexibility index (Phi) is 8.34. The van der Waals surface area contributed by atoms with Gasteiger partial charge in [-0.2, -0.15) is 30.7 Å². The van der Waals surface area contributed by atoms with E-state index in [2.05, 4.69) is 4.74 Å². The van der Waals surface area contributed by atoms with Crippen LogP contribution in [0.5, 0.6) is 0 Å². The number of halogens is 8. The third kappa shape index (κ3) is 6.75. The van der Waals surface area contributed by atoms with Crippen LogP contribution in [0.25, 0.3) is 0 Å². The molecule has 22 heavy (non-hydrogen) atoms. The van der Waals surface area contributed by atoms with Crippen molar-refractivity contribution in [1.82, 2.24) is 0 Å². The quantitative estimate of drug-likeness (QED) is 0.622. The maximum Gasteiger partial charge on any atom is 0.458 e. The van der Waals surface area contributed by atoms with E-state index < -0.39 is 30.3 Å². The zero-order chi connectivity index (χ0) is 18.4. The van der Waals surface area contributed by atoms with Gasteiger partial charge in [-0.3, -0.25) is 4.79 Å². The molecule has 1 N–H and O–H groups in total. The fourth-order valence-electron chi connectivity index (χ4n) is 0.632. The van der Waals surface area contributed by atoms with Crippen LogP contribution in [0.1, 0.15) is 27.2 Å². The molecule has 0 amide bonds. The topological polar surface area (TPSA) is 46.5 Å². The van der Waals surface area contributed by atoms with Gasteiger partial charge in [0.05, 0.1) is 5.41 Å². The Hall–Kier alpha value is -1.13. The molecule has 0 aliphatic rings. The lowest BCUT2D eigenvalue weighted by atomic mass is 9.91. The van der Waals surface area contributed by atoms with Crippen molar-refractivity contribution in [2.75, 3.05) is 13.3 Å². The first-order valence-electron chi connectivity index (χ1n) is 5.82. The Morgan fingerprint density at radius 3 is 1.55 bits per heavy atom. The summed E-state index contributed by atoms with van der Waals surface area (Å²) in [4.78, 5) is 11.1. The predicted molar refractivity (Wildman–Crippen MR) is 59.2 cm³/mol. The van der Waals surface area contributed by atoms with E-state index in [9.17, 15) is 39.9 Å². The Morgan fingerprint density at radius 2 is 1.36 bits per heavy atom. The molecule has 3 nitrogen and oxygen atoms in total. The van der Waals surface area contributed by atoms with Crippen molar-refractivity contribution in [3.8, 4) is 0 Å². The van der Waals surface area contributed by atoms with Gasteiger partial charge in [-0.1, -0.05) is 6.92 Å². The molecular formula is C11H16F8O3. The van der Waals surface area contributed by atoms with E-state index in [-0.39, 0.29) is 12.6 Å². The molecule has 0 saturated heterocycles. The summed E-state index contributed by atoms with van der Waals surface area (Å²) < 4.78 is 93.5. The summed E-state index contributed by atoms with van der Waals surface area (Å²) in [5, 5.41) is 7.27. The van der Waals surface area contributed by atoms with Gasteiger partial charge >= 0.3 is 24.2 Å². The van der Waals surface area contributed by atoms with E-state index in [0.717, 1.165) is 0 Å². The Labute approximate surface area is 121 Å². The van der Waals surface area contributed by atoms with Crippen LogP contribution >= 0.6 is 0 Å². The Bertz CT molecular complexity index is 330. The molecule has 134 valence electrons. The lowest BCUT2D eigenvalue weighted by Gasteiger charge is -2.23. The highest BCUT2D eigenvalue weighted by molar-refractivity contribution is 5.75. The van der Waals surface area contributed by atoms with Crippen LogP contribution in [0.2, 0.25) is 0 Å². The molecule has 0 aromatic heterocycles. The fourth-order valence-corrected chi connectivity index (χ4v) is 0.632. The van der Waals surface area contributed by atoms with Crippen LogP contribution in [-0.2, 0) is 9.53 Å². The smallest absolute Gasteiger partial charge is 0.458 e. The van der Waals surface area contributed by atoms with Gasteiger partial charge in [0, 0.05) is 0 Å². The second kappa shape index (κ2) is 7.93. The molecule has 0 spiro atoms. The minimum atomic E-state index is -6.36. The second-order valence-electron chi connectivity index (χ2n) is 4.68. The van der Waals surface area contributed by atoms with Crippen molar-refractivity contribution >= 4 is 5.97 Å². The summed E-state index contributed by atoms with van der Waals surface area (Å²) in [6.07, 6.45) is -12.0. The molecule has 0 aliphatic carbocycles. The van der Waals surface area contributed by atoms with Crippen molar-refractivity contribution in [2.24, 2.45) is 5.41 Å². The Balaban J connectivity index is 0. The molecule has 0 fully saturated rings. The zero-order valence-corrected chi connectivity index (χ0v) is 11.9. The molecule has 11 heteroatoms. The average molecular weight is 348 g/mol. The summed E-state index contributed by atoms with van der Waals surface area (Å²) in [6.45, 7) is 4.74. The van der Waals surface area contributed by atoms with Crippen molar-refractivity contribution < 1.29 is 49.8 Å². The number of aliphatic hydroxyl groups is 1. The van der Waals surface area contributed by atoms with E-state index in [0.29, 0.717) is 6.42 Å². The molecule has 0 aromatic carbocycles. The minimum Gasteiger partial charge on any atom is -0.462 e. The number of rotatable bonds is 4. The van der Waals surface area contributed by atoms with Crippen molar-refractivity contribution in [3.05, 3.63) is 0 Å². The maximum absolute atomic E-state index is 11.6. The normalized spacial score (nSPS) is 13.3. The molecule has 0 saturated carbocycles. The summed E-state index contributed by atoms with van der Waals surface area (Å²) in [7, 11) is 0. The number of hydrogen-bond donors (Lipinski definition) is 1. The van der Waals surface area contributed by atoms with Crippen LogP contribution in [0.3, 0.4) is 0 Å². The van der Waals surface area contributed by atoms with Crippen LogP contribution in [0.4, 0.5) is 35.1 Å². The highest BCUT2D eigenvalue weighted by Gasteiger charge is 2.72. The second-order valence-corrected chi connectivity index (χ2v) is 4.68. The molecule has 0 rings (SSSR count). The van der Waals surface area contributed by atoms with Gasteiger partial charge in [0.15, 0.2) is 0 Å². The third-order valence-corrected chi connectivity index (χ3v) is 2.50. The lowest BCUT2D eigenvalue weighted by molar-refractivity contribution is -0.417. The van der Waals surface area contributed by atoms with Crippen LogP contribution in [-0.4, -0.2) is 42.6 Å². The SMILES string of the molecule is CCC(C)(C)C(=O)OCCF.OC(F)(C(F)(F)F)C(F)(F)F. The average Bonchev–Trinajstić information content (AvgIpc) is 2.33. The Morgan fingerprint density at radius 1 is 1.00 bits per heavy atom. The monoisotopic (exact) mass is 348 g/mol. The van der Waals surface area contributed by atoms with E-state index in [1.54, 1.807) is 13.8 Å². The number of carbonyl (C=O) groups excluding carboxylic acids is 1. The molecular weight excluding hydrogens is 332 g/mol. The predicted octanol–water partition coefficient (Wildman–Crippen LogP) is 3.70. The highest BCUT2D eigenvalue weighted by Crippen LogP contribution is 2.43. The summed E-state index contributed by atoms with van der Waals surface area (Å²) in [5.41, 5.74) is -0.477. The standard InChI is InChI=1S/C8H15FO2.C3HF7O/c1-4-8(2,3)7(10)11-6-5-9;4-1(11,2(5,6)7)3(8,9)10/h4-6H2,1-3H3;11H. The van der Waals surface area contributed by atoms with E-state index in [4.69, 9.17) is 5.11 Å². The van der Waals surface area contributed by atoms with Gasteiger partial charge in [0.25, 0.3) is 0 Å². The summed E-state index contributed by atoms with van der Waals surface area (Å²) in [6, 6.07) is 0. The lowest BCUT2D eigenvalue weighted by Crippen LogP contribution is -2.52. The first kappa shape index (κ1) is 23.1. The van der Waals surface area contributed by atoms with Gasteiger partial charge in [-0.25, -0.2) is 4.39 Å². The number of hydrogen-bond acceptors (Lipinski definition) is 3. The molecule has 0 bridgehead atoms. The van der Waals surface area contributed by atoms with Crippen molar-refractivity contribution in [3.63, 3.8) is 0 Å². The molecule has 0 atom stereocenters.